The fourth-order valence-corrected chi connectivity index (χ4v) is 4.86. The van der Waals surface area contributed by atoms with Gasteiger partial charge in [-0.2, -0.15) is 0 Å². The minimum absolute atomic E-state index is 0.415. The molecule has 3 aromatic rings. The number of allylic oxidation sites excluding steroid dienone is 4. The number of aryl methyl sites for hydroxylation is 2. The number of nitrogens with two attached hydrogens (primary N) is 1. The maximum absolute atomic E-state index is 12.4. The number of amides is 1. The highest BCUT2D eigenvalue weighted by Gasteiger charge is 2.25. The van der Waals surface area contributed by atoms with Crippen molar-refractivity contribution in [2.24, 2.45) is 5.73 Å². The van der Waals surface area contributed by atoms with E-state index in [-0.39, 0.29) is 0 Å². The standard InChI is InChI=1S/C27H30N2O4/c1-3-5-9-17(4-2)15-29-21-13-8-12-20(27(28)32)24(21)25-22(33-16-23(30)31)14-18-10-6-7-11-19(18)26(25)29/h4-5,8-9,12-14H,3,6-7,10-11,15-16H2,1-2H3,(H2,28,32)(H,30,31)/b9-5-,17-4+. The summed E-state index contributed by atoms with van der Waals surface area (Å²) in [6.45, 7) is 4.31. The predicted octanol–water partition coefficient (Wildman–Crippen LogP) is 5.15. The Balaban J connectivity index is 2.11. The van der Waals surface area contributed by atoms with Gasteiger partial charge in [0.2, 0.25) is 5.91 Å². The average Bonchev–Trinajstić information content (AvgIpc) is 3.14. The molecular weight excluding hydrogens is 416 g/mol. The fraction of sp³-hybridized carbons (Fsp3) is 0.333. The minimum atomic E-state index is -1.04. The molecule has 1 amide bonds. The number of aromatic nitrogens is 1. The van der Waals surface area contributed by atoms with Crippen molar-refractivity contribution in [1.82, 2.24) is 4.57 Å². The SMILES string of the molecule is C/C=C(\C=C/CC)Cn1c2cccc(C(N)=O)c2c2c(OCC(=O)O)cc3c(c21)CCCC3. The summed E-state index contributed by atoms with van der Waals surface area (Å²) in [5, 5.41) is 10.8. The second-order valence-corrected chi connectivity index (χ2v) is 8.45. The van der Waals surface area contributed by atoms with E-state index < -0.39 is 18.5 Å². The van der Waals surface area contributed by atoms with Crippen LogP contribution in [0.5, 0.6) is 5.75 Å². The van der Waals surface area contributed by atoms with Crippen LogP contribution in [0.25, 0.3) is 21.8 Å². The van der Waals surface area contributed by atoms with Crippen molar-refractivity contribution >= 4 is 33.7 Å². The lowest BCUT2D eigenvalue weighted by atomic mass is 9.89. The third kappa shape index (κ3) is 4.25. The lowest BCUT2D eigenvalue weighted by molar-refractivity contribution is -0.139. The largest absolute Gasteiger partial charge is 0.481 e. The second-order valence-electron chi connectivity index (χ2n) is 8.45. The summed E-state index contributed by atoms with van der Waals surface area (Å²) in [6, 6.07) is 7.53. The monoisotopic (exact) mass is 446 g/mol. The Hall–Kier alpha value is -3.54. The smallest absolute Gasteiger partial charge is 0.341 e. The molecule has 0 bridgehead atoms. The topological polar surface area (TPSA) is 94.5 Å². The van der Waals surface area contributed by atoms with Gasteiger partial charge >= 0.3 is 5.97 Å². The summed E-state index contributed by atoms with van der Waals surface area (Å²) >= 11 is 0. The zero-order valence-corrected chi connectivity index (χ0v) is 19.2. The van der Waals surface area contributed by atoms with E-state index in [9.17, 15) is 14.7 Å². The molecule has 4 rings (SSSR count). The molecule has 0 spiro atoms. The number of fused-ring (bicyclic) bond motifs is 5. The third-order valence-corrected chi connectivity index (χ3v) is 6.33. The molecule has 0 saturated heterocycles. The van der Waals surface area contributed by atoms with E-state index >= 15 is 0 Å². The van der Waals surface area contributed by atoms with Crippen LogP contribution in [0.1, 0.15) is 54.6 Å². The van der Waals surface area contributed by atoms with Crippen molar-refractivity contribution in [1.29, 1.82) is 0 Å². The number of aliphatic carboxylic acids is 1. The number of benzene rings is 2. The molecular formula is C27H30N2O4. The number of hydrogen-bond acceptors (Lipinski definition) is 3. The van der Waals surface area contributed by atoms with Crippen LogP contribution >= 0.6 is 0 Å². The van der Waals surface area contributed by atoms with E-state index in [1.165, 1.54) is 11.1 Å². The quantitative estimate of drug-likeness (QED) is 0.468. The van der Waals surface area contributed by atoms with E-state index in [0.717, 1.165) is 59.5 Å². The summed E-state index contributed by atoms with van der Waals surface area (Å²) in [5.74, 6) is -1.06. The highest BCUT2D eigenvalue weighted by Crippen LogP contribution is 2.43. The zero-order valence-electron chi connectivity index (χ0n) is 19.2. The summed E-state index contributed by atoms with van der Waals surface area (Å²) in [7, 11) is 0. The number of carboxylic acid groups (broad SMARTS) is 1. The number of rotatable bonds is 8. The molecule has 6 heteroatoms. The highest BCUT2D eigenvalue weighted by molar-refractivity contribution is 6.20. The van der Waals surface area contributed by atoms with Crippen LogP contribution in [-0.4, -0.2) is 28.2 Å². The van der Waals surface area contributed by atoms with Gasteiger partial charge in [-0.3, -0.25) is 4.79 Å². The first kappa shape index (κ1) is 22.6. The number of ether oxygens (including phenoxy) is 1. The van der Waals surface area contributed by atoms with Crippen molar-refractivity contribution in [2.45, 2.75) is 52.5 Å². The molecule has 0 radical (unpaired) electrons. The van der Waals surface area contributed by atoms with Gasteiger partial charge in [0.15, 0.2) is 6.61 Å². The molecule has 33 heavy (non-hydrogen) atoms. The van der Waals surface area contributed by atoms with E-state index in [4.69, 9.17) is 10.5 Å². The van der Waals surface area contributed by atoms with Gasteiger partial charge in [-0.15, -0.1) is 0 Å². The normalized spacial score (nSPS) is 14.2. The molecule has 0 aliphatic heterocycles. The van der Waals surface area contributed by atoms with Crippen molar-refractivity contribution in [3.05, 3.63) is 64.8 Å². The van der Waals surface area contributed by atoms with Crippen LogP contribution in [0, 0.1) is 0 Å². The van der Waals surface area contributed by atoms with Crippen LogP contribution in [0.4, 0.5) is 0 Å². The Bertz CT molecular complexity index is 1300. The van der Waals surface area contributed by atoms with Crippen LogP contribution < -0.4 is 10.5 Å². The lowest BCUT2D eigenvalue weighted by Gasteiger charge is -2.21. The van der Waals surface area contributed by atoms with Gasteiger partial charge < -0.3 is 20.1 Å². The first-order valence-corrected chi connectivity index (χ1v) is 11.5. The van der Waals surface area contributed by atoms with Crippen LogP contribution in [0.2, 0.25) is 0 Å². The van der Waals surface area contributed by atoms with E-state index in [0.29, 0.717) is 17.9 Å². The molecule has 0 unspecified atom stereocenters. The number of carbonyl (C=O) groups excluding carboxylic acids is 1. The Kier molecular flexibility index (Phi) is 6.54. The van der Waals surface area contributed by atoms with Gasteiger partial charge in [0.1, 0.15) is 5.75 Å². The van der Waals surface area contributed by atoms with Gasteiger partial charge in [0.25, 0.3) is 0 Å². The maximum atomic E-state index is 12.4. The Morgan fingerprint density at radius 1 is 1.21 bits per heavy atom. The molecule has 1 aromatic heterocycles. The lowest BCUT2D eigenvalue weighted by Crippen LogP contribution is -2.12. The van der Waals surface area contributed by atoms with Crippen LogP contribution in [0.3, 0.4) is 0 Å². The van der Waals surface area contributed by atoms with Gasteiger partial charge in [-0.1, -0.05) is 31.2 Å². The minimum Gasteiger partial charge on any atom is -0.481 e. The molecule has 1 heterocycles. The summed E-state index contributed by atoms with van der Waals surface area (Å²) in [4.78, 5) is 23.7. The first-order chi connectivity index (χ1) is 16.0. The molecule has 1 aliphatic rings. The predicted molar refractivity (Wildman–Crippen MR) is 131 cm³/mol. The first-order valence-electron chi connectivity index (χ1n) is 11.5. The fourth-order valence-electron chi connectivity index (χ4n) is 4.86. The molecule has 172 valence electrons. The van der Waals surface area contributed by atoms with Crippen molar-refractivity contribution < 1.29 is 19.4 Å². The van der Waals surface area contributed by atoms with Crippen molar-refractivity contribution in [2.75, 3.05) is 6.61 Å². The number of carbonyl (C=O) groups is 2. The van der Waals surface area contributed by atoms with E-state index in [2.05, 4.69) is 29.7 Å². The summed E-state index contributed by atoms with van der Waals surface area (Å²) in [6.07, 6.45) is 11.3. The number of nitrogens with zero attached hydrogens (tertiary/aromatic N) is 1. The summed E-state index contributed by atoms with van der Waals surface area (Å²) < 4.78 is 8.05. The molecule has 0 saturated carbocycles. The Morgan fingerprint density at radius 3 is 2.70 bits per heavy atom. The van der Waals surface area contributed by atoms with Crippen LogP contribution in [0.15, 0.2) is 48.1 Å². The van der Waals surface area contributed by atoms with Crippen molar-refractivity contribution in [3.8, 4) is 5.75 Å². The number of carboxylic acids is 1. The maximum Gasteiger partial charge on any atom is 0.341 e. The zero-order chi connectivity index (χ0) is 23.5. The van der Waals surface area contributed by atoms with Gasteiger partial charge in [-0.25, -0.2) is 4.79 Å². The molecule has 3 N–H and O–H groups in total. The third-order valence-electron chi connectivity index (χ3n) is 6.33. The van der Waals surface area contributed by atoms with Crippen LogP contribution in [-0.2, 0) is 24.2 Å². The highest BCUT2D eigenvalue weighted by atomic mass is 16.5. The molecule has 0 fully saturated rings. The van der Waals surface area contributed by atoms with E-state index in [1.807, 2.05) is 25.1 Å². The van der Waals surface area contributed by atoms with E-state index in [1.54, 1.807) is 6.07 Å². The van der Waals surface area contributed by atoms with Gasteiger partial charge in [-0.05, 0) is 73.9 Å². The summed E-state index contributed by atoms with van der Waals surface area (Å²) in [5.41, 5.74) is 11.7. The van der Waals surface area contributed by atoms with Gasteiger partial charge in [0, 0.05) is 17.5 Å². The molecule has 0 atom stereocenters. The number of hydrogen-bond donors (Lipinski definition) is 2. The molecule has 2 aromatic carbocycles. The van der Waals surface area contributed by atoms with Crippen molar-refractivity contribution in [3.63, 3.8) is 0 Å². The Labute approximate surface area is 193 Å². The second kappa shape index (κ2) is 9.53. The molecule has 6 nitrogen and oxygen atoms in total. The molecule has 1 aliphatic carbocycles. The number of primary amides is 1. The Morgan fingerprint density at radius 2 is 2.00 bits per heavy atom. The van der Waals surface area contributed by atoms with Gasteiger partial charge in [0.05, 0.1) is 16.4 Å². The average molecular weight is 447 g/mol.